The smallest absolute Gasteiger partial charge is 0.417 e. The van der Waals surface area contributed by atoms with Gasteiger partial charge in [0, 0.05) is 20.7 Å². The van der Waals surface area contributed by atoms with E-state index in [2.05, 4.69) is 0 Å². The van der Waals surface area contributed by atoms with Crippen LogP contribution in [0.5, 0.6) is 0 Å². The monoisotopic (exact) mass is 341 g/mol. The number of likely N-dealkylation sites (N-methyl/N-ethyl adjacent to an activating group) is 1. The van der Waals surface area contributed by atoms with Crippen molar-refractivity contribution in [2.24, 2.45) is 0 Å². The van der Waals surface area contributed by atoms with E-state index >= 15 is 0 Å². The molecule has 0 saturated heterocycles. The van der Waals surface area contributed by atoms with E-state index in [4.69, 9.17) is 9.84 Å². The van der Waals surface area contributed by atoms with E-state index < -0.39 is 38.2 Å². The van der Waals surface area contributed by atoms with Crippen LogP contribution in [0.4, 0.5) is 13.2 Å². The van der Waals surface area contributed by atoms with E-state index in [0.717, 1.165) is 10.4 Å². The molecule has 0 unspecified atom stereocenters. The van der Waals surface area contributed by atoms with Gasteiger partial charge in [0.2, 0.25) is 10.0 Å². The topological polar surface area (TPSA) is 83.9 Å². The van der Waals surface area contributed by atoms with Crippen molar-refractivity contribution in [3.8, 4) is 0 Å². The molecule has 0 heterocycles. The van der Waals surface area contributed by atoms with Gasteiger partial charge in [-0.2, -0.15) is 17.5 Å². The number of ether oxygens (including phenoxy) is 1. The first-order valence-corrected chi connectivity index (χ1v) is 7.35. The van der Waals surface area contributed by atoms with Crippen LogP contribution in [0.2, 0.25) is 0 Å². The maximum absolute atomic E-state index is 12.9. The van der Waals surface area contributed by atoms with Crippen LogP contribution in [0.1, 0.15) is 15.9 Å². The lowest BCUT2D eigenvalue weighted by Crippen LogP contribution is -2.30. The zero-order chi connectivity index (χ0) is 17.1. The van der Waals surface area contributed by atoms with Crippen molar-refractivity contribution in [3.63, 3.8) is 0 Å². The second kappa shape index (κ2) is 6.63. The summed E-state index contributed by atoms with van der Waals surface area (Å²) in [6.07, 6.45) is -4.98. The van der Waals surface area contributed by atoms with Gasteiger partial charge < -0.3 is 9.84 Å². The Hall–Kier alpha value is -1.65. The maximum Gasteiger partial charge on any atom is 0.417 e. The van der Waals surface area contributed by atoms with Crippen molar-refractivity contribution in [1.29, 1.82) is 0 Å². The molecule has 0 bridgehead atoms. The van der Waals surface area contributed by atoms with Crippen molar-refractivity contribution in [2.45, 2.75) is 11.1 Å². The Balaban J connectivity index is 3.36. The number of sulfonamides is 1. The predicted molar refractivity (Wildman–Crippen MR) is 70.1 cm³/mol. The fourth-order valence-electron chi connectivity index (χ4n) is 1.62. The van der Waals surface area contributed by atoms with Gasteiger partial charge >= 0.3 is 12.1 Å². The summed E-state index contributed by atoms with van der Waals surface area (Å²) in [5, 5.41) is 8.77. The molecule has 0 radical (unpaired) electrons. The fourth-order valence-corrected chi connectivity index (χ4v) is 2.81. The summed E-state index contributed by atoms with van der Waals surface area (Å²) in [4.78, 5) is 10.2. The van der Waals surface area contributed by atoms with Crippen LogP contribution in [0.25, 0.3) is 0 Å². The quantitative estimate of drug-likeness (QED) is 0.851. The predicted octanol–water partition coefficient (Wildman–Crippen LogP) is 1.67. The highest BCUT2D eigenvalue weighted by Crippen LogP contribution is 2.34. The molecule has 0 saturated carbocycles. The van der Waals surface area contributed by atoms with Crippen molar-refractivity contribution >= 4 is 16.0 Å². The van der Waals surface area contributed by atoms with E-state index in [-0.39, 0.29) is 13.2 Å². The highest BCUT2D eigenvalue weighted by molar-refractivity contribution is 7.89. The van der Waals surface area contributed by atoms with Crippen molar-refractivity contribution in [2.75, 3.05) is 27.3 Å². The van der Waals surface area contributed by atoms with E-state index in [0.29, 0.717) is 12.1 Å². The summed E-state index contributed by atoms with van der Waals surface area (Å²) in [5.41, 5.74) is -2.52. The molecule has 6 nitrogen and oxygen atoms in total. The first-order valence-electron chi connectivity index (χ1n) is 5.91. The zero-order valence-electron chi connectivity index (χ0n) is 11.7. The molecule has 0 atom stereocenters. The van der Waals surface area contributed by atoms with Gasteiger partial charge in [0.1, 0.15) is 0 Å². The van der Waals surface area contributed by atoms with Crippen LogP contribution in [0.15, 0.2) is 23.1 Å². The molecular weight excluding hydrogens is 327 g/mol. The largest absolute Gasteiger partial charge is 0.478 e. The van der Waals surface area contributed by atoms with E-state index in [1.54, 1.807) is 0 Å². The number of hydrogen-bond acceptors (Lipinski definition) is 4. The Labute approximate surface area is 125 Å². The summed E-state index contributed by atoms with van der Waals surface area (Å²) >= 11 is 0. The molecule has 1 aromatic rings. The second-order valence-electron chi connectivity index (χ2n) is 4.33. The minimum Gasteiger partial charge on any atom is -0.478 e. The Morgan fingerprint density at radius 1 is 1.36 bits per heavy atom. The second-order valence-corrected chi connectivity index (χ2v) is 6.37. The van der Waals surface area contributed by atoms with Crippen molar-refractivity contribution < 1.29 is 36.2 Å². The Bertz CT molecular complexity index is 657. The molecule has 0 aliphatic rings. The summed E-state index contributed by atoms with van der Waals surface area (Å²) in [6.45, 7) is 0.00986. The number of halogens is 3. The van der Waals surface area contributed by atoms with Gasteiger partial charge in [0.05, 0.1) is 22.6 Å². The lowest BCUT2D eigenvalue weighted by molar-refractivity contribution is -0.138. The molecule has 0 aromatic heterocycles. The SMILES string of the molecule is COCCN(C)S(=O)(=O)c1ccc(C(=O)O)c(C(F)(F)F)c1. The first-order chi connectivity index (χ1) is 10.0. The number of rotatable bonds is 6. The Kier molecular flexibility index (Phi) is 5.54. The lowest BCUT2D eigenvalue weighted by atomic mass is 10.1. The summed E-state index contributed by atoms with van der Waals surface area (Å²) in [6, 6.07) is 1.78. The van der Waals surface area contributed by atoms with Crippen LogP contribution >= 0.6 is 0 Å². The number of hydrogen-bond donors (Lipinski definition) is 1. The van der Waals surface area contributed by atoms with E-state index in [1.165, 1.54) is 14.2 Å². The molecule has 1 aromatic carbocycles. The number of nitrogens with zero attached hydrogens (tertiary/aromatic N) is 1. The highest BCUT2D eigenvalue weighted by atomic mass is 32.2. The van der Waals surface area contributed by atoms with Crippen LogP contribution in [0, 0.1) is 0 Å². The van der Waals surface area contributed by atoms with Gasteiger partial charge in [-0.05, 0) is 18.2 Å². The fraction of sp³-hybridized carbons (Fsp3) is 0.417. The number of alkyl halides is 3. The third-order valence-corrected chi connectivity index (χ3v) is 4.70. The molecule has 0 spiro atoms. The minimum atomic E-state index is -4.98. The van der Waals surface area contributed by atoms with E-state index in [9.17, 15) is 26.4 Å². The van der Waals surface area contributed by atoms with Crippen LogP contribution in [-0.2, 0) is 20.9 Å². The molecule has 0 aliphatic heterocycles. The average molecular weight is 341 g/mol. The Morgan fingerprint density at radius 2 is 1.95 bits per heavy atom. The van der Waals surface area contributed by atoms with Crippen LogP contribution in [0.3, 0.4) is 0 Å². The molecule has 124 valence electrons. The molecule has 0 fully saturated rings. The van der Waals surface area contributed by atoms with Crippen LogP contribution in [-0.4, -0.2) is 51.1 Å². The number of methoxy groups -OCH3 is 1. The standard InChI is InChI=1S/C12H14F3NO5S/c1-16(5-6-21-2)22(19,20)8-3-4-9(11(17)18)10(7-8)12(13,14)15/h3-4,7H,5-6H2,1-2H3,(H,17,18). The zero-order valence-corrected chi connectivity index (χ0v) is 12.5. The third-order valence-electron chi connectivity index (χ3n) is 2.85. The van der Waals surface area contributed by atoms with Gasteiger partial charge in [-0.25, -0.2) is 13.2 Å². The lowest BCUT2D eigenvalue weighted by Gasteiger charge is -2.18. The highest BCUT2D eigenvalue weighted by Gasteiger charge is 2.37. The Morgan fingerprint density at radius 3 is 2.41 bits per heavy atom. The molecular formula is C12H14F3NO5S. The summed E-state index contributed by atoms with van der Waals surface area (Å²) in [5.74, 6) is -1.79. The number of carbonyl (C=O) groups is 1. The van der Waals surface area contributed by atoms with E-state index in [1.807, 2.05) is 0 Å². The maximum atomic E-state index is 12.9. The average Bonchev–Trinajstić information content (AvgIpc) is 2.42. The van der Waals surface area contributed by atoms with Gasteiger partial charge in [-0.15, -0.1) is 0 Å². The van der Waals surface area contributed by atoms with Gasteiger partial charge in [0.25, 0.3) is 0 Å². The normalized spacial score (nSPS) is 12.6. The number of aromatic carboxylic acids is 1. The molecule has 0 amide bonds. The molecule has 1 N–H and O–H groups in total. The number of carboxylic acids is 1. The minimum absolute atomic E-state index is 0.0547. The van der Waals surface area contributed by atoms with Gasteiger partial charge in [-0.1, -0.05) is 0 Å². The molecule has 0 aliphatic carbocycles. The molecule has 1 rings (SSSR count). The van der Waals surface area contributed by atoms with Gasteiger partial charge in [0.15, 0.2) is 0 Å². The van der Waals surface area contributed by atoms with Crippen LogP contribution < -0.4 is 0 Å². The number of carboxylic acid groups (broad SMARTS) is 1. The first kappa shape index (κ1) is 18.4. The van der Waals surface area contributed by atoms with Gasteiger partial charge in [-0.3, -0.25) is 0 Å². The molecule has 22 heavy (non-hydrogen) atoms. The summed E-state index contributed by atoms with van der Waals surface area (Å²) < 4.78 is 68.5. The van der Waals surface area contributed by atoms with Crippen molar-refractivity contribution in [3.05, 3.63) is 29.3 Å². The third kappa shape index (κ3) is 3.96. The molecule has 10 heteroatoms. The number of benzene rings is 1. The van der Waals surface area contributed by atoms with Crippen molar-refractivity contribution in [1.82, 2.24) is 4.31 Å². The summed E-state index contributed by atoms with van der Waals surface area (Å²) in [7, 11) is -1.64.